The molecule has 74 valence electrons. The topological polar surface area (TPSA) is 29.4 Å². The zero-order valence-corrected chi connectivity index (χ0v) is 8.44. The van der Waals surface area contributed by atoms with Gasteiger partial charge in [-0.25, -0.2) is 0 Å². The quantitative estimate of drug-likeness (QED) is 0.379. The van der Waals surface area contributed by atoms with E-state index in [4.69, 9.17) is 0 Å². The second-order valence-corrected chi connectivity index (χ2v) is 3.14. The van der Waals surface area contributed by atoms with E-state index < -0.39 is 0 Å². The van der Waals surface area contributed by atoms with Crippen LogP contribution in [0.2, 0.25) is 0 Å². The Balaban J connectivity index is 2.43. The van der Waals surface area contributed by atoms with Gasteiger partial charge >= 0.3 is 0 Å². The molecule has 0 aromatic carbocycles. The van der Waals surface area contributed by atoms with Crippen molar-refractivity contribution in [3.63, 3.8) is 0 Å². The normalized spacial score (nSPS) is 17.2. The predicted molar refractivity (Wildman–Crippen MR) is 59.6 cm³/mol. The molecule has 2 nitrogen and oxygen atoms in total. The van der Waals surface area contributed by atoms with E-state index in [0.29, 0.717) is 12.1 Å². The number of carbonyl (C=O) groups excluding carboxylic acids is 1. The highest BCUT2D eigenvalue weighted by molar-refractivity contribution is 6.01. The molecule has 0 saturated carbocycles. The van der Waals surface area contributed by atoms with Crippen molar-refractivity contribution in [2.75, 3.05) is 6.54 Å². The molecule has 1 aliphatic rings. The molecule has 0 N–H and O–H groups in total. The minimum Gasteiger partial charge on any atom is -0.298 e. The van der Waals surface area contributed by atoms with Crippen molar-refractivity contribution in [1.29, 1.82) is 0 Å². The third-order valence-electron chi connectivity index (χ3n) is 2.06. The molecule has 1 aliphatic carbocycles. The molecule has 0 spiro atoms. The maximum Gasteiger partial charge on any atom is 0.151 e. The number of carbonyl (C=O) groups is 1. The Kier molecular flexibility index (Phi) is 4.62. The Morgan fingerprint density at radius 1 is 1.57 bits per heavy atom. The molecule has 0 atom stereocenters. The SMILES string of the molecule is C/C=C(/C=O)C=NCC1=CCCC=C1. The molecular formula is C12H15NO. The van der Waals surface area contributed by atoms with Crippen LogP contribution in [0.5, 0.6) is 0 Å². The molecule has 0 bridgehead atoms. The highest BCUT2D eigenvalue weighted by Gasteiger charge is 1.94. The van der Waals surface area contributed by atoms with Crippen molar-refractivity contribution in [3.05, 3.63) is 35.5 Å². The van der Waals surface area contributed by atoms with E-state index >= 15 is 0 Å². The van der Waals surface area contributed by atoms with Gasteiger partial charge in [0.1, 0.15) is 0 Å². The first-order valence-corrected chi connectivity index (χ1v) is 4.83. The molecule has 0 aromatic rings. The van der Waals surface area contributed by atoms with Crippen LogP contribution < -0.4 is 0 Å². The van der Waals surface area contributed by atoms with Crippen LogP contribution in [-0.4, -0.2) is 19.0 Å². The molecule has 0 unspecified atom stereocenters. The summed E-state index contributed by atoms with van der Waals surface area (Å²) in [5.41, 5.74) is 1.86. The minimum atomic E-state index is 0.630. The van der Waals surface area contributed by atoms with Crippen molar-refractivity contribution in [2.45, 2.75) is 19.8 Å². The van der Waals surface area contributed by atoms with Crippen LogP contribution in [0.3, 0.4) is 0 Å². The molecule has 0 saturated heterocycles. The van der Waals surface area contributed by atoms with Gasteiger partial charge in [-0.05, 0) is 25.3 Å². The average Bonchev–Trinajstić information content (AvgIpc) is 2.26. The summed E-state index contributed by atoms with van der Waals surface area (Å²) in [4.78, 5) is 14.6. The summed E-state index contributed by atoms with van der Waals surface area (Å²) in [5.74, 6) is 0. The van der Waals surface area contributed by atoms with E-state index in [0.717, 1.165) is 19.1 Å². The molecule has 14 heavy (non-hydrogen) atoms. The summed E-state index contributed by atoms with van der Waals surface area (Å²) in [7, 11) is 0. The van der Waals surface area contributed by atoms with Gasteiger partial charge < -0.3 is 0 Å². The lowest BCUT2D eigenvalue weighted by Crippen LogP contribution is -1.92. The molecular weight excluding hydrogens is 174 g/mol. The zero-order valence-electron chi connectivity index (χ0n) is 8.44. The van der Waals surface area contributed by atoms with Crippen LogP contribution in [0, 0.1) is 0 Å². The summed E-state index contributed by atoms with van der Waals surface area (Å²) in [6.07, 6.45) is 12.9. The Labute approximate surface area is 84.7 Å². The van der Waals surface area contributed by atoms with Gasteiger partial charge in [0.05, 0.1) is 6.54 Å². The van der Waals surface area contributed by atoms with Gasteiger partial charge in [-0.3, -0.25) is 9.79 Å². The van der Waals surface area contributed by atoms with Gasteiger partial charge in [0.2, 0.25) is 0 Å². The molecule has 0 aromatic heterocycles. The maximum atomic E-state index is 10.4. The number of rotatable bonds is 4. The smallest absolute Gasteiger partial charge is 0.151 e. The molecule has 0 radical (unpaired) electrons. The fraction of sp³-hybridized carbons (Fsp3) is 0.333. The van der Waals surface area contributed by atoms with Crippen molar-refractivity contribution in [2.24, 2.45) is 4.99 Å². The van der Waals surface area contributed by atoms with E-state index in [9.17, 15) is 4.79 Å². The van der Waals surface area contributed by atoms with E-state index in [1.165, 1.54) is 5.57 Å². The molecule has 0 fully saturated rings. The first-order valence-electron chi connectivity index (χ1n) is 4.83. The molecule has 1 rings (SSSR count). The number of hydrogen-bond donors (Lipinski definition) is 0. The summed E-state index contributed by atoms with van der Waals surface area (Å²) < 4.78 is 0. The van der Waals surface area contributed by atoms with Gasteiger partial charge in [-0.2, -0.15) is 0 Å². The third kappa shape index (κ3) is 3.52. The van der Waals surface area contributed by atoms with Gasteiger partial charge in [0, 0.05) is 11.8 Å². The van der Waals surface area contributed by atoms with Gasteiger partial charge in [0.25, 0.3) is 0 Å². The number of hydrogen-bond acceptors (Lipinski definition) is 2. The van der Waals surface area contributed by atoms with Gasteiger partial charge in [-0.15, -0.1) is 0 Å². The van der Waals surface area contributed by atoms with Crippen LogP contribution in [0.15, 0.2) is 40.4 Å². The highest BCUT2D eigenvalue weighted by Crippen LogP contribution is 2.09. The Morgan fingerprint density at radius 2 is 2.43 bits per heavy atom. The largest absolute Gasteiger partial charge is 0.298 e. The van der Waals surface area contributed by atoms with Crippen LogP contribution in [0.1, 0.15) is 19.8 Å². The van der Waals surface area contributed by atoms with Gasteiger partial charge in [0.15, 0.2) is 6.29 Å². The standard InChI is InChI=1S/C12H15NO/c1-2-11(10-14)8-13-9-12-6-4-3-5-7-12/h2,4,6-8,10H,3,5,9H2,1H3/b11-2+,13-8?. The van der Waals surface area contributed by atoms with Crippen LogP contribution in [-0.2, 0) is 4.79 Å². The predicted octanol–water partition coefficient (Wildman–Crippen LogP) is 2.48. The van der Waals surface area contributed by atoms with Crippen molar-refractivity contribution >= 4 is 12.5 Å². The third-order valence-corrected chi connectivity index (χ3v) is 2.06. The summed E-state index contributed by atoms with van der Waals surface area (Å²) in [6, 6.07) is 0. The van der Waals surface area contributed by atoms with Crippen LogP contribution in [0.4, 0.5) is 0 Å². The van der Waals surface area contributed by atoms with Crippen molar-refractivity contribution in [3.8, 4) is 0 Å². The lowest BCUT2D eigenvalue weighted by molar-refractivity contribution is -0.104. The van der Waals surface area contributed by atoms with E-state index in [-0.39, 0.29) is 0 Å². The summed E-state index contributed by atoms with van der Waals surface area (Å²) >= 11 is 0. The fourth-order valence-electron chi connectivity index (χ4n) is 1.21. The number of aliphatic imine (C=N–C) groups is 1. The summed E-state index contributed by atoms with van der Waals surface area (Å²) in [5, 5.41) is 0. The second-order valence-electron chi connectivity index (χ2n) is 3.14. The first kappa shape index (κ1) is 10.6. The first-order chi connectivity index (χ1) is 6.86. The van der Waals surface area contributed by atoms with E-state index in [1.807, 2.05) is 6.92 Å². The number of nitrogens with zero attached hydrogens (tertiary/aromatic N) is 1. The Morgan fingerprint density at radius 3 is 3.00 bits per heavy atom. The van der Waals surface area contributed by atoms with Crippen molar-refractivity contribution in [1.82, 2.24) is 0 Å². The van der Waals surface area contributed by atoms with Crippen LogP contribution >= 0.6 is 0 Å². The fourth-order valence-corrected chi connectivity index (χ4v) is 1.21. The lowest BCUT2D eigenvalue weighted by Gasteiger charge is -2.02. The molecule has 2 heteroatoms. The van der Waals surface area contributed by atoms with E-state index in [2.05, 4.69) is 23.2 Å². The monoisotopic (exact) mass is 189 g/mol. The number of aldehydes is 1. The zero-order chi connectivity index (χ0) is 10.2. The van der Waals surface area contributed by atoms with Gasteiger partial charge in [-0.1, -0.05) is 24.3 Å². The Bertz CT molecular complexity index is 308. The van der Waals surface area contributed by atoms with Crippen LogP contribution in [0.25, 0.3) is 0 Å². The Hall–Kier alpha value is -1.44. The average molecular weight is 189 g/mol. The van der Waals surface area contributed by atoms with Crippen molar-refractivity contribution < 1.29 is 4.79 Å². The lowest BCUT2D eigenvalue weighted by atomic mass is 10.1. The maximum absolute atomic E-state index is 10.4. The number of allylic oxidation sites excluding steroid dienone is 4. The second kappa shape index (κ2) is 6.08. The molecule has 0 aliphatic heterocycles. The van der Waals surface area contributed by atoms with E-state index in [1.54, 1.807) is 12.3 Å². The summed E-state index contributed by atoms with van der Waals surface area (Å²) in [6.45, 7) is 2.50. The highest BCUT2D eigenvalue weighted by atomic mass is 16.1. The molecule has 0 amide bonds. The molecule has 0 heterocycles. The minimum absolute atomic E-state index is 0.630.